The van der Waals surface area contributed by atoms with E-state index in [9.17, 15) is 0 Å². The summed E-state index contributed by atoms with van der Waals surface area (Å²) in [6.07, 6.45) is 4.10. The summed E-state index contributed by atoms with van der Waals surface area (Å²) in [5, 5.41) is 7.84. The van der Waals surface area contributed by atoms with Gasteiger partial charge in [-0.3, -0.25) is 9.98 Å². The fraction of sp³-hybridized carbons (Fsp3) is 0.179. The van der Waals surface area contributed by atoms with Crippen molar-refractivity contribution in [3.63, 3.8) is 0 Å². The van der Waals surface area contributed by atoms with Gasteiger partial charge in [-0.05, 0) is 36.8 Å². The highest BCUT2D eigenvalue weighted by Gasteiger charge is 2.11. The minimum atomic E-state index is 0.827. The SMILES string of the molecule is CCNC(=NC)c1ccn2cc(-c3ccc(-c4cc5ccc(C6=NCCN6)cc5[nH]4)cc3)nc2c1. The molecule has 174 valence electrons. The summed E-state index contributed by atoms with van der Waals surface area (Å²) < 4.78 is 2.05. The first kappa shape index (κ1) is 21.2. The standard InChI is InChI=1S/C28H27N7/c1-3-30-27(29-2)22-10-13-35-17-25(34-26(35)16-22)19-6-4-18(5-7-19)23-14-20-8-9-21(15-24(20)33-23)28-31-11-12-32-28/h4-10,13-17,33H,3,11-12H2,1-2H3,(H,29,30)(H,31,32). The Labute approximate surface area is 203 Å². The molecule has 0 radical (unpaired) electrons. The normalized spacial score (nSPS) is 13.9. The van der Waals surface area contributed by atoms with Gasteiger partial charge in [0, 0.05) is 65.8 Å². The van der Waals surface area contributed by atoms with Gasteiger partial charge >= 0.3 is 0 Å². The summed E-state index contributed by atoms with van der Waals surface area (Å²) in [5.41, 5.74) is 8.43. The Bertz CT molecular complexity index is 1590. The minimum Gasteiger partial charge on any atom is -0.370 e. The molecule has 0 amide bonds. The second-order valence-electron chi connectivity index (χ2n) is 8.63. The van der Waals surface area contributed by atoms with Gasteiger partial charge < -0.3 is 20.0 Å². The highest BCUT2D eigenvalue weighted by atomic mass is 15.1. The number of aromatic nitrogens is 3. The molecule has 7 nitrogen and oxygen atoms in total. The Balaban J connectivity index is 1.28. The molecule has 0 bridgehead atoms. The van der Waals surface area contributed by atoms with Crippen LogP contribution in [0, 0.1) is 0 Å². The van der Waals surface area contributed by atoms with E-state index in [0.717, 1.165) is 76.1 Å². The predicted molar refractivity (Wildman–Crippen MR) is 143 cm³/mol. The van der Waals surface area contributed by atoms with Crippen LogP contribution < -0.4 is 10.6 Å². The topological polar surface area (TPSA) is 81.9 Å². The van der Waals surface area contributed by atoms with Crippen molar-refractivity contribution in [2.75, 3.05) is 26.7 Å². The van der Waals surface area contributed by atoms with E-state index in [-0.39, 0.29) is 0 Å². The van der Waals surface area contributed by atoms with Crippen molar-refractivity contribution in [1.29, 1.82) is 0 Å². The first-order chi connectivity index (χ1) is 17.2. The van der Waals surface area contributed by atoms with Crippen molar-refractivity contribution in [2.45, 2.75) is 6.92 Å². The molecule has 6 rings (SSSR count). The Hall–Kier alpha value is -4.39. The van der Waals surface area contributed by atoms with Gasteiger partial charge in [0.25, 0.3) is 0 Å². The fourth-order valence-corrected chi connectivity index (χ4v) is 4.59. The number of aliphatic imine (C=N–C) groups is 2. The lowest BCUT2D eigenvalue weighted by Gasteiger charge is -2.07. The van der Waals surface area contributed by atoms with Gasteiger partial charge in [0.05, 0.1) is 12.2 Å². The monoisotopic (exact) mass is 461 g/mol. The molecule has 3 aromatic heterocycles. The molecule has 0 saturated heterocycles. The van der Waals surface area contributed by atoms with E-state index < -0.39 is 0 Å². The molecule has 0 saturated carbocycles. The van der Waals surface area contributed by atoms with Crippen molar-refractivity contribution in [2.24, 2.45) is 9.98 Å². The fourth-order valence-electron chi connectivity index (χ4n) is 4.59. The molecule has 0 aliphatic carbocycles. The molecule has 7 heteroatoms. The zero-order chi connectivity index (χ0) is 23.8. The number of hydrogen-bond donors (Lipinski definition) is 3. The second-order valence-corrected chi connectivity index (χ2v) is 8.63. The molecule has 0 unspecified atom stereocenters. The van der Waals surface area contributed by atoms with Gasteiger partial charge in [-0.2, -0.15) is 0 Å². The Morgan fingerprint density at radius 1 is 1.03 bits per heavy atom. The summed E-state index contributed by atoms with van der Waals surface area (Å²) in [7, 11) is 1.80. The number of nitrogens with one attached hydrogen (secondary N) is 3. The average Bonchev–Trinajstić information content (AvgIpc) is 3.65. The third-order valence-corrected chi connectivity index (χ3v) is 6.36. The number of hydrogen-bond acceptors (Lipinski definition) is 4. The molecular formula is C28H27N7. The van der Waals surface area contributed by atoms with Crippen LogP contribution in [0.3, 0.4) is 0 Å². The van der Waals surface area contributed by atoms with Gasteiger partial charge in [-0.15, -0.1) is 0 Å². The number of rotatable bonds is 5. The third kappa shape index (κ3) is 3.95. The summed E-state index contributed by atoms with van der Waals surface area (Å²) in [5.74, 6) is 1.86. The predicted octanol–water partition coefficient (Wildman–Crippen LogP) is 4.49. The molecule has 35 heavy (non-hydrogen) atoms. The number of benzene rings is 2. The number of nitrogens with zero attached hydrogens (tertiary/aromatic N) is 4. The van der Waals surface area contributed by atoms with E-state index in [1.165, 1.54) is 5.39 Å². The molecule has 0 fully saturated rings. The molecule has 2 aromatic carbocycles. The zero-order valence-corrected chi connectivity index (χ0v) is 19.8. The van der Waals surface area contributed by atoms with E-state index in [2.05, 4.69) is 99.4 Å². The maximum atomic E-state index is 4.86. The van der Waals surface area contributed by atoms with Crippen LogP contribution in [0.5, 0.6) is 0 Å². The van der Waals surface area contributed by atoms with Crippen LogP contribution >= 0.6 is 0 Å². The van der Waals surface area contributed by atoms with Crippen molar-refractivity contribution in [3.05, 3.63) is 84.2 Å². The lowest BCUT2D eigenvalue weighted by Crippen LogP contribution is -2.23. The highest BCUT2D eigenvalue weighted by Crippen LogP contribution is 2.28. The molecule has 5 aromatic rings. The lowest BCUT2D eigenvalue weighted by molar-refractivity contribution is 0.960. The van der Waals surface area contributed by atoms with Gasteiger partial charge in [0.15, 0.2) is 0 Å². The molecule has 4 heterocycles. The number of H-pyrrole nitrogens is 1. The van der Waals surface area contributed by atoms with Crippen LogP contribution in [0.25, 0.3) is 39.1 Å². The van der Waals surface area contributed by atoms with Crippen molar-refractivity contribution in [1.82, 2.24) is 25.0 Å². The summed E-state index contributed by atoms with van der Waals surface area (Å²) in [6.45, 7) is 4.64. The Morgan fingerprint density at radius 3 is 2.63 bits per heavy atom. The van der Waals surface area contributed by atoms with Crippen LogP contribution in [-0.4, -0.2) is 52.7 Å². The Kier molecular flexibility index (Phi) is 5.29. The van der Waals surface area contributed by atoms with E-state index in [0.29, 0.717) is 0 Å². The van der Waals surface area contributed by atoms with E-state index >= 15 is 0 Å². The van der Waals surface area contributed by atoms with Crippen LogP contribution in [0.15, 0.2) is 83.0 Å². The third-order valence-electron chi connectivity index (χ3n) is 6.36. The van der Waals surface area contributed by atoms with Crippen molar-refractivity contribution in [3.8, 4) is 22.5 Å². The Morgan fingerprint density at radius 2 is 1.86 bits per heavy atom. The maximum absolute atomic E-state index is 4.86. The maximum Gasteiger partial charge on any atom is 0.138 e. The van der Waals surface area contributed by atoms with Gasteiger partial charge in [0.2, 0.25) is 0 Å². The number of aromatic amines is 1. The van der Waals surface area contributed by atoms with E-state index in [4.69, 9.17) is 4.98 Å². The molecule has 1 aliphatic rings. The molecule has 3 N–H and O–H groups in total. The first-order valence-electron chi connectivity index (χ1n) is 11.9. The van der Waals surface area contributed by atoms with Gasteiger partial charge in [0.1, 0.15) is 17.3 Å². The molecule has 0 spiro atoms. The van der Waals surface area contributed by atoms with Crippen molar-refractivity contribution >= 4 is 28.2 Å². The summed E-state index contributed by atoms with van der Waals surface area (Å²) in [4.78, 5) is 17.3. The highest BCUT2D eigenvalue weighted by molar-refractivity contribution is 6.03. The zero-order valence-electron chi connectivity index (χ0n) is 19.8. The van der Waals surface area contributed by atoms with E-state index in [1.807, 2.05) is 10.6 Å². The number of amidine groups is 2. The minimum absolute atomic E-state index is 0.827. The quantitative estimate of drug-likeness (QED) is 0.267. The van der Waals surface area contributed by atoms with Crippen molar-refractivity contribution < 1.29 is 0 Å². The largest absolute Gasteiger partial charge is 0.370 e. The number of imidazole rings is 1. The van der Waals surface area contributed by atoms with E-state index in [1.54, 1.807) is 7.05 Å². The molecule has 1 aliphatic heterocycles. The van der Waals surface area contributed by atoms with Crippen LogP contribution in [0.4, 0.5) is 0 Å². The van der Waals surface area contributed by atoms with Crippen LogP contribution in [0.2, 0.25) is 0 Å². The lowest BCUT2D eigenvalue weighted by atomic mass is 10.1. The summed E-state index contributed by atoms with van der Waals surface area (Å²) >= 11 is 0. The van der Waals surface area contributed by atoms with Crippen LogP contribution in [0.1, 0.15) is 18.1 Å². The summed E-state index contributed by atoms with van der Waals surface area (Å²) in [6, 6.07) is 21.3. The van der Waals surface area contributed by atoms with Gasteiger partial charge in [-0.25, -0.2) is 4.98 Å². The van der Waals surface area contributed by atoms with Gasteiger partial charge in [-0.1, -0.05) is 36.4 Å². The average molecular weight is 462 g/mol. The smallest absolute Gasteiger partial charge is 0.138 e. The second kappa shape index (κ2) is 8.76. The molecular weight excluding hydrogens is 434 g/mol. The number of pyridine rings is 1. The first-order valence-corrected chi connectivity index (χ1v) is 11.9. The van der Waals surface area contributed by atoms with Crippen LogP contribution in [-0.2, 0) is 0 Å². The molecule has 0 atom stereocenters. The number of fused-ring (bicyclic) bond motifs is 2.